The van der Waals surface area contributed by atoms with Crippen molar-refractivity contribution in [3.05, 3.63) is 50.5 Å². The highest BCUT2D eigenvalue weighted by molar-refractivity contribution is 8.03. The maximum atomic E-state index is 13.5. The number of carbonyl (C=O) groups excluding carboxylic acids is 4. The topological polar surface area (TPSA) is 160 Å². The number of nitro groups is 1. The minimum atomic E-state index is -0.974. The number of thioether (sulfide) groups is 1. The van der Waals surface area contributed by atoms with Crippen molar-refractivity contribution in [1.29, 1.82) is 0 Å². The first kappa shape index (κ1) is 33.9. The smallest absolute Gasteiger partial charge is 0.410 e. The molecule has 5 rings (SSSR count). The fraction of sp³-hybridized carbons (Fsp3) is 0.625. The molecule has 4 aliphatic heterocycles. The number of hydrogen-bond donors (Lipinski definition) is 1. The van der Waals surface area contributed by atoms with Crippen LogP contribution in [0.2, 0.25) is 0 Å². The molecule has 1 N–H and O–H groups in total. The van der Waals surface area contributed by atoms with Crippen LogP contribution in [0.25, 0.3) is 0 Å². The Kier molecular flexibility index (Phi) is 9.81. The quantitative estimate of drug-likeness (QED) is 0.142. The minimum absolute atomic E-state index is 0.0310. The highest BCUT2D eigenvalue weighted by Gasteiger charge is 2.60. The van der Waals surface area contributed by atoms with Gasteiger partial charge in [-0.05, 0) is 71.6 Å². The molecule has 3 fully saturated rings. The number of piperidine rings is 1. The van der Waals surface area contributed by atoms with Gasteiger partial charge in [0.15, 0.2) is 0 Å². The van der Waals surface area contributed by atoms with Crippen molar-refractivity contribution < 1.29 is 38.7 Å². The molecule has 14 heteroatoms. The zero-order chi connectivity index (χ0) is 33.5. The molecule has 5 atom stereocenters. The first-order valence-electron chi connectivity index (χ1n) is 15.8. The van der Waals surface area contributed by atoms with Gasteiger partial charge < -0.3 is 29.3 Å². The van der Waals surface area contributed by atoms with E-state index in [1.165, 1.54) is 28.8 Å². The lowest BCUT2D eigenvalue weighted by atomic mass is 9.79. The molecule has 46 heavy (non-hydrogen) atoms. The average Bonchev–Trinajstić information content (AvgIpc) is 3.52. The van der Waals surface area contributed by atoms with Gasteiger partial charge in [-0.3, -0.25) is 14.9 Å². The lowest BCUT2D eigenvalue weighted by Gasteiger charge is -2.46. The Labute approximate surface area is 272 Å². The van der Waals surface area contributed by atoms with Crippen LogP contribution in [0, 0.1) is 27.9 Å². The number of aliphatic hydroxyl groups excluding tert-OH is 1. The number of nitrogens with zero attached hydrogens (tertiary/aromatic N) is 4. The van der Waals surface area contributed by atoms with E-state index in [2.05, 4.69) is 4.90 Å². The SMILES string of the molecule is C[C@@H](O)[C@H]1C(=O)N2C(C(=O)OC(=O)c3ccc([N+](=O)[O-])cc3)=C(S[C@@H]3CCN(CC4CCN(C(=O)OC(C)(C)C)CC4)C3)[C@H](C)[C@H]12. The van der Waals surface area contributed by atoms with Crippen LogP contribution in [0.15, 0.2) is 34.9 Å². The average molecular weight is 659 g/mol. The van der Waals surface area contributed by atoms with Gasteiger partial charge in [0, 0.05) is 54.4 Å². The second kappa shape index (κ2) is 13.3. The van der Waals surface area contributed by atoms with Crippen molar-refractivity contribution in [1.82, 2.24) is 14.7 Å². The van der Waals surface area contributed by atoms with Gasteiger partial charge in [0.2, 0.25) is 5.91 Å². The van der Waals surface area contributed by atoms with Crippen molar-refractivity contribution in [3.8, 4) is 0 Å². The number of esters is 2. The molecule has 3 saturated heterocycles. The lowest BCUT2D eigenvalue weighted by Crippen LogP contribution is -2.63. The van der Waals surface area contributed by atoms with Gasteiger partial charge in [0.1, 0.15) is 11.3 Å². The van der Waals surface area contributed by atoms with Crippen LogP contribution in [0.5, 0.6) is 0 Å². The van der Waals surface area contributed by atoms with Gasteiger partial charge >= 0.3 is 18.0 Å². The van der Waals surface area contributed by atoms with Crippen molar-refractivity contribution in [2.75, 3.05) is 32.7 Å². The molecule has 4 heterocycles. The molecule has 2 amide bonds. The van der Waals surface area contributed by atoms with E-state index in [9.17, 15) is 34.4 Å². The number of aliphatic hydroxyl groups is 1. The summed E-state index contributed by atoms with van der Waals surface area (Å²) in [6.45, 7) is 13.0. The van der Waals surface area contributed by atoms with E-state index < -0.39 is 40.5 Å². The molecule has 0 spiro atoms. The van der Waals surface area contributed by atoms with E-state index in [4.69, 9.17) is 9.47 Å². The summed E-state index contributed by atoms with van der Waals surface area (Å²) < 4.78 is 10.7. The maximum absolute atomic E-state index is 13.5. The van der Waals surface area contributed by atoms with Gasteiger partial charge in [-0.15, -0.1) is 11.8 Å². The summed E-state index contributed by atoms with van der Waals surface area (Å²) in [7, 11) is 0. The number of fused-ring (bicyclic) bond motifs is 1. The Hall–Kier alpha value is -3.49. The number of non-ortho nitro benzene ring substituents is 1. The molecule has 0 radical (unpaired) electrons. The monoisotopic (exact) mass is 658 g/mol. The molecule has 1 aromatic carbocycles. The molecule has 0 aromatic heterocycles. The number of rotatable bonds is 8. The molecular weight excluding hydrogens is 616 g/mol. The first-order chi connectivity index (χ1) is 21.6. The Morgan fingerprint density at radius 2 is 1.74 bits per heavy atom. The highest BCUT2D eigenvalue weighted by Crippen LogP contribution is 2.52. The number of ether oxygens (including phenoxy) is 2. The summed E-state index contributed by atoms with van der Waals surface area (Å²) in [5, 5.41) is 21.4. The van der Waals surface area contributed by atoms with Crippen molar-refractivity contribution in [3.63, 3.8) is 0 Å². The third kappa shape index (κ3) is 7.08. The minimum Gasteiger partial charge on any atom is -0.444 e. The molecule has 0 unspecified atom stereocenters. The van der Waals surface area contributed by atoms with E-state index in [0.29, 0.717) is 23.9 Å². The molecular formula is C32H42N4O9S. The number of likely N-dealkylation sites (tertiary alicyclic amines) is 2. The lowest BCUT2D eigenvalue weighted by molar-refractivity contribution is -0.384. The molecule has 4 aliphatic rings. The van der Waals surface area contributed by atoms with Crippen LogP contribution >= 0.6 is 11.8 Å². The van der Waals surface area contributed by atoms with Crippen LogP contribution < -0.4 is 0 Å². The standard InChI is InChI=1S/C32H42N4O9S/c1-18-25-24(19(2)37)28(38)35(25)26(30(40)44-29(39)21-6-8-22(9-7-21)36(42)43)27(18)46-23-12-13-33(17-23)16-20-10-14-34(15-11-20)31(41)45-32(3,4)5/h6-9,18-20,23-25,37H,10-17H2,1-5H3/t18-,19-,23-,24-,25-/m1/s1. The summed E-state index contributed by atoms with van der Waals surface area (Å²) in [6, 6.07) is 4.31. The van der Waals surface area contributed by atoms with Crippen LogP contribution in [0.1, 0.15) is 64.2 Å². The van der Waals surface area contributed by atoms with Crippen molar-refractivity contribution in [2.24, 2.45) is 17.8 Å². The van der Waals surface area contributed by atoms with Gasteiger partial charge in [-0.25, -0.2) is 14.4 Å². The summed E-state index contributed by atoms with van der Waals surface area (Å²) in [6.07, 6.45) is 1.50. The van der Waals surface area contributed by atoms with Crippen molar-refractivity contribution >= 4 is 41.4 Å². The number of β-lactam (4-membered cyclic amide) rings is 1. The Morgan fingerprint density at radius 3 is 2.33 bits per heavy atom. The van der Waals surface area contributed by atoms with E-state index in [1.54, 1.807) is 11.8 Å². The van der Waals surface area contributed by atoms with Gasteiger partial charge in [0.05, 0.1) is 28.6 Å². The third-order valence-corrected chi connectivity index (χ3v) is 10.6. The van der Waals surface area contributed by atoms with E-state index >= 15 is 0 Å². The Morgan fingerprint density at radius 1 is 1.09 bits per heavy atom. The zero-order valence-electron chi connectivity index (χ0n) is 26.8. The summed E-state index contributed by atoms with van der Waals surface area (Å²) in [5.41, 5.74) is -0.726. The van der Waals surface area contributed by atoms with Crippen LogP contribution in [-0.2, 0) is 19.1 Å². The molecule has 0 saturated carbocycles. The molecule has 13 nitrogen and oxygen atoms in total. The van der Waals surface area contributed by atoms with Crippen LogP contribution in [0.4, 0.5) is 10.5 Å². The Bertz CT molecular complexity index is 1420. The second-order valence-corrected chi connectivity index (χ2v) is 15.0. The highest BCUT2D eigenvalue weighted by atomic mass is 32.2. The van der Waals surface area contributed by atoms with E-state index in [1.807, 2.05) is 27.7 Å². The number of benzene rings is 1. The van der Waals surface area contributed by atoms with Gasteiger partial charge in [-0.2, -0.15) is 0 Å². The summed E-state index contributed by atoms with van der Waals surface area (Å²) >= 11 is 1.53. The van der Waals surface area contributed by atoms with Gasteiger partial charge in [-0.1, -0.05) is 6.92 Å². The Balaban J connectivity index is 1.23. The van der Waals surface area contributed by atoms with Gasteiger partial charge in [0.25, 0.3) is 5.69 Å². The predicted octanol–water partition coefficient (Wildman–Crippen LogP) is 3.80. The zero-order valence-corrected chi connectivity index (χ0v) is 27.7. The number of hydrogen-bond acceptors (Lipinski definition) is 11. The summed E-state index contributed by atoms with van der Waals surface area (Å²) in [4.78, 5) is 68.4. The molecule has 0 bridgehead atoms. The van der Waals surface area contributed by atoms with Crippen molar-refractivity contribution in [2.45, 2.75) is 76.9 Å². The van der Waals surface area contributed by atoms with E-state index in [0.717, 1.165) is 51.0 Å². The first-order valence-corrected chi connectivity index (χ1v) is 16.7. The summed E-state index contributed by atoms with van der Waals surface area (Å²) in [5.74, 6) is -2.77. The molecule has 1 aromatic rings. The fourth-order valence-electron chi connectivity index (χ4n) is 6.81. The molecule has 250 valence electrons. The third-order valence-electron chi connectivity index (χ3n) is 9.11. The maximum Gasteiger partial charge on any atom is 0.410 e. The molecule has 0 aliphatic carbocycles. The predicted molar refractivity (Wildman–Crippen MR) is 168 cm³/mol. The number of nitro benzene ring substituents is 1. The van der Waals surface area contributed by atoms with E-state index in [-0.39, 0.29) is 40.1 Å². The second-order valence-electron chi connectivity index (χ2n) is 13.6. The fourth-order valence-corrected chi connectivity index (χ4v) is 8.32. The largest absolute Gasteiger partial charge is 0.444 e. The number of carbonyl (C=O) groups is 4. The van der Waals surface area contributed by atoms with Crippen LogP contribution in [0.3, 0.4) is 0 Å². The normalized spacial score (nSPS) is 26.1. The van der Waals surface area contributed by atoms with Crippen LogP contribution in [-0.4, -0.2) is 104 Å². The number of amides is 2.